The molecule has 0 heterocycles. The molecule has 9 nitrogen and oxygen atoms in total. The van der Waals surface area contributed by atoms with Crippen molar-refractivity contribution >= 4 is 33.6 Å². The van der Waals surface area contributed by atoms with Gasteiger partial charge in [-0.1, -0.05) is 0 Å². The van der Waals surface area contributed by atoms with Gasteiger partial charge in [-0.3, -0.25) is 4.79 Å². The van der Waals surface area contributed by atoms with Crippen LogP contribution in [-0.4, -0.2) is 95.2 Å². The van der Waals surface area contributed by atoms with Gasteiger partial charge >= 0.3 is 27.9 Å². The van der Waals surface area contributed by atoms with Gasteiger partial charge in [0.25, 0.3) is 0 Å². The van der Waals surface area contributed by atoms with Gasteiger partial charge in [-0.25, -0.2) is 0 Å². The highest BCUT2D eigenvalue weighted by Gasteiger charge is 2.38. The lowest BCUT2D eigenvalue weighted by atomic mass is 10.1. The molecule has 0 bridgehead atoms. The summed E-state index contributed by atoms with van der Waals surface area (Å²) in [5, 5.41) is 19.7. The van der Waals surface area contributed by atoms with Crippen LogP contribution in [0.3, 0.4) is 0 Å². The van der Waals surface area contributed by atoms with Crippen molar-refractivity contribution in [1.29, 1.82) is 0 Å². The first kappa shape index (κ1) is 27.0. The molecule has 12 heteroatoms. The lowest BCUT2D eigenvalue weighted by Gasteiger charge is -2.33. The number of ketones is 1. The lowest BCUT2D eigenvalue weighted by Crippen LogP contribution is -2.52. The summed E-state index contributed by atoms with van der Waals surface area (Å²) in [6.45, 7) is 11.6. The second-order valence-electron chi connectivity index (χ2n) is 5.75. The molecule has 0 aromatic rings. The van der Waals surface area contributed by atoms with E-state index in [9.17, 15) is 15.0 Å². The molecule has 0 aromatic heterocycles. The van der Waals surface area contributed by atoms with Crippen molar-refractivity contribution in [3.8, 4) is 0 Å². The van der Waals surface area contributed by atoms with E-state index in [1.807, 2.05) is 27.3 Å². The van der Waals surface area contributed by atoms with Crippen molar-refractivity contribution in [2.75, 3.05) is 33.0 Å². The van der Waals surface area contributed by atoms with Crippen molar-refractivity contribution in [1.82, 2.24) is 0 Å². The Morgan fingerprint density at radius 1 is 0.852 bits per heavy atom. The lowest BCUT2D eigenvalue weighted by molar-refractivity contribution is -0.140. The number of Topliss-reactive ketones (excluding diaryl/α,β-unsaturated/α-hetero) is 1. The van der Waals surface area contributed by atoms with Crippen LogP contribution in [0.15, 0.2) is 0 Å². The largest absolute Gasteiger partial charge is 0.397 e. The van der Waals surface area contributed by atoms with Crippen molar-refractivity contribution in [2.24, 2.45) is 0 Å². The Morgan fingerprint density at radius 2 is 1.33 bits per heavy atom. The van der Waals surface area contributed by atoms with Crippen LogP contribution in [0.2, 0.25) is 19.6 Å². The van der Waals surface area contributed by atoms with E-state index in [0.29, 0.717) is 19.8 Å². The van der Waals surface area contributed by atoms with Gasteiger partial charge in [0.15, 0.2) is 5.78 Å². The standard InChI is InChI=1S/C15H36O9Si3/c1-7-19-25(4)22-11-13(18)15(24-27(6)21-9-3)14(12(17)10-16)23-26(5)20-8-2/h12,14-17,25-27H,7-11H2,1-6H3/t12-,14+,15+,25?,26?,27?/m1/s1. The van der Waals surface area contributed by atoms with E-state index in [1.54, 1.807) is 13.1 Å². The number of rotatable bonds is 17. The van der Waals surface area contributed by atoms with Gasteiger partial charge in [-0.15, -0.1) is 0 Å². The van der Waals surface area contributed by atoms with Crippen molar-refractivity contribution in [3.63, 3.8) is 0 Å². The molecule has 162 valence electrons. The average Bonchev–Trinajstić information content (AvgIpc) is 2.62. The van der Waals surface area contributed by atoms with E-state index in [2.05, 4.69) is 0 Å². The Morgan fingerprint density at radius 3 is 1.81 bits per heavy atom. The third-order valence-electron chi connectivity index (χ3n) is 3.53. The number of hydrogen-bond acceptors (Lipinski definition) is 9. The third kappa shape index (κ3) is 11.6. The Bertz CT molecular complexity index is 392. The van der Waals surface area contributed by atoms with Crippen LogP contribution < -0.4 is 0 Å². The quantitative estimate of drug-likeness (QED) is 0.283. The molecular formula is C15H36O9Si3. The van der Waals surface area contributed by atoms with Crippen LogP contribution in [0.4, 0.5) is 0 Å². The zero-order valence-electron chi connectivity index (χ0n) is 17.3. The SMILES string of the molecule is CCO[SiH](C)OCC(=O)[C@H](O[SiH](C)OCC)[C@@H](O[SiH](C)OCC)[C@H](O)CO. The fourth-order valence-electron chi connectivity index (χ4n) is 2.34. The molecule has 3 unspecified atom stereocenters. The topological polar surface area (TPSA) is 113 Å². The minimum atomic E-state index is -2.14. The Labute approximate surface area is 167 Å². The van der Waals surface area contributed by atoms with Crippen LogP contribution in [0.1, 0.15) is 20.8 Å². The monoisotopic (exact) mass is 444 g/mol. The second kappa shape index (κ2) is 15.9. The summed E-state index contributed by atoms with van der Waals surface area (Å²) in [4.78, 5) is 12.8. The maximum atomic E-state index is 12.8. The molecule has 6 atom stereocenters. The first-order valence-corrected chi connectivity index (χ1v) is 15.7. The molecule has 0 aliphatic carbocycles. The molecule has 0 aliphatic heterocycles. The molecule has 0 fully saturated rings. The fourth-order valence-corrected chi connectivity index (χ4v) is 5.89. The first-order valence-electron chi connectivity index (χ1n) is 9.39. The maximum Gasteiger partial charge on any atom is 0.318 e. The highest BCUT2D eigenvalue weighted by atomic mass is 28.3. The average molecular weight is 445 g/mol. The highest BCUT2D eigenvalue weighted by molar-refractivity contribution is 6.44. The minimum Gasteiger partial charge on any atom is -0.397 e. The van der Waals surface area contributed by atoms with E-state index in [-0.39, 0.29) is 12.4 Å². The predicted octanol–water partition coefficient (Wildman–Crippen LogP) is -0.644. The summed E-state index contributed by atoms with van der Waals surface area (Å²) in [5.74, 6) is -0.386. The Hall–Kier alpha value is 0.000649. The van der Waals surface area contributed by atoms with Crippen molar-refractivity contribution in [3.05, 3.63) is 0 Å². The van der Waals surface area contributed by atoms with E-state index >= 15 is 0 Å². The maximum absolute atomic E-state index is 12.8. The zero-order chi connectivity index (χ0) is 20.8. The van der Waals surface area contributed by atoms with Gasteiger partial charge < -0.3 is 36.8 Å². The number of carbonyl (C=O) groups excluding carboxylic acids is 1. The second-order valence-corrected chi connectivity index (χ2v) is 11.0. The highest BCUT2D eigenvalue weighted by Crippen LogP contribution is 2.15. The molecule has 0 aliphatic rings. The van der Waals surface area contributed by atoms with Gasteiger partial charge in [-0.2, -0.15) is 0 Å². The molecule has 0 amide bonds. The van der Waals surface area contributed by atoms with Gasteiger partial charge in [-0.05, 0) is 40.4 Å². The summed E-state index contributed by atoms with van der Waals surface area (Å²) in [6.07, 6.45) is -3.46. The summed E-state index contributed by atoms with van der Waals surface area (Å²) in [6, 6.07) is 0. The third-order valence-corrected chi connectivity index (χ3v) is 7.95. The number of aliphatic hydroxyl groups excluding tert-OH is 2. The molecule has 0 saturated heterocycles. The first-order chi connectivity index (χ1) is 12.8. The van der Waals surface area contributed by atoms with Crippen LogP contribution >= 0.6 is 0 Å². The van der Waals surface area contributed by atoms with E-state index in [1.165, 1.54) is 0 Å². The summed E-state index contributed by atoms with van der Waals surface area (Å²) in [7, 11) is -6.19. The summed E-state index contributed by atoms with van der Waals surface area (Å²) >= 11 is 0. The summed E-state index contributed by atoms with van der Waals surface area (Å²) < 4.78 is 33.5. The van der Waals surface area contributed by atoms with Gasteiger partial charge in [0.2, 0.25) is 0 Å². The van der Waals surface area contributed by atoms with E-state index in [4.69, 9.17) is 26.6 Å². The van der Waals surface area contributed by atoms with Crippen LogP contribution in [-0.2, 0) is 31.4 Å². The molecule has 0 aromatic carbocycles. The fraction of sp³-hybridized carbons (Fsp3) is 0.933. The molecular weight excluding hydrogens is 408 g/mol. The molecule has 0 saturated carbocycles. The molecule has 0 rings (SSSR count). The van der Waals surface area contributed by atoms with Crippen LogP contribution in [0.5, 0.6) is 0 Å². The van der Waals surface area contributed by atoms with Crippen molar-refractivity contribution in [2.45, 2.75) is 58.7 Å². The van der Waals surface area contributed by atoms with Crippen LogP contribution in [0.25, 0.3) is 0 Å². The number of carbonyl (C=O) groups is 1. The zero-order valence-corrected chi connectivity index (χ0v) is 20.7. The van der Waals surface area contributed by atoms with Gasteiger partial charge in [0.05, 0.1) is 13.2 Å². The van der Waals surface area contributed by atoms with E-state index in [0.717, 1.165) is 0 Å². The van der Waals surface area contributed by atoms with E-state index < -0.39 is 52.8 Å². The molecule has 0 radical (unpaired) electrons. The molecule has 27 heavy (non-hydrogen) atoms. The normalized spacial score (nSPS) is 18.5. The molecule has 2 N–H and O–H groups in total. The number of hydrogen-bond donors (Lipinski definition) is 2. The Kier molecular flexibility index (Phi) is 15.9. The van der Waals surface area contributed by atoms with Crippen molar-refractivity contribution < 1.29 is 41.6 Å². The Balaban J connectivity index is 5.29. The summed E-state index contributed by atoms with van der Waals surface area (Å²) in [5.41, 5.74) is 0. The van der Waals surface area contributed by atoms with Crippen LogP contribution in [0, 0.1) is 0 Å². The van der Waals surface area contributed by atoms with Gasteiger partial charge in [0, 0.05) is 19.8 Å². The minimum absolute atomic E-state index is 0.214. The smallest absolute Gasteiger partial charge is 0.318 e. The predicted molar refractivity (Wildman–Crippen MR) is 108 cm³/mol. The number of aliphatic hydroxyl groups is 2. The molecule has 0 spiro atoms. The van der Waals surface area contributed by atoms with Gasteiger partial charge in [0.1, 0.15) is 18.3 Å².